The largest absolute Gasteiger partial charge is 0.481 e. The summed E-state index contributed by atoms with van der Waals surface area (Å²) in [5, 5.41) is 47.0. The van der Waals surface area contributed by atoms with Crippen LogP contribution < -0.4 is 5.73 Å². The van der Waals surface area contributed by atoms with Crippen molar-refractivity contribution in [2.45, 2.75) is 47.1 Å². The van der Waals surface area contributed by atoms with E-state index in [-0.39, 0.29) is 19.1 Å². The number of hydrogen-bond donors (Lipinski definition) is 7. The SMILES string of the molecule is CC(=O)O.CC(=O)O.CC(=O)O.CC(=O)O.CC(C)C(N)(CO)CO. The summed E-state index contributed by atoms with van der Waals surface area (Å²) < 4.78 is 0. The Morgan fingerprint density at radius 2 is 0.840 bits per heavy atom. The number of carboxylic acid groups (broad SMARTS) is 4. The van der Waals surface area contributed by atoms with Gasteiger partial charge in [-0.15, -0.1) is 0 Å². The average Bonchev–Trinajstić information content (AvgIpc) is 2.34. The lowest BCUT2D eigenvalue weighted by Crippen LogP contribution is -2.51. The maximum absolute atomic E-state index is 9.00. The van der Waals surface area contributed by atoms with E-state index in [1.54, 1.807) is 0 Å². The highest BCUT2D eigenvalue weighted by molar-refractivity contribution is 5.63. The van der Waals surface area contributed by atoms with Crippen LogP contribution in [0, 0.1) is 5.92 Å². The van der Waals surface area contributed by atoms with Gasteiger partial charge in [-0.25, -0.2) is 0 Å². The minimum absolute atomic E-state index is 0.104. The molecule has 0 aliphatic heterocycles. The van der Waals surface area contributed by atoms with Crippen molar-refractivity contribution in [3.05, 3.63) is 0 Å². The van der Waals surface area contributed by atoms with E-state index in [9.17, 15) is 0 Å². The zero-order chi connectivity index (χ0) is 21.8. The van der Waals surface area contributed by atoms with Crippen molar-refractivity contribution in [2.24, 2.45) is 11.7 Å². The maximum Gasteiger partial charge on any atom is 0.300 e. The second-order valence-electron chi connectivity index (χ2n) is 4.78. The Bertz CT molecular complexity index is 301. The lowest BCUT2D eigenvalue weighted by atomic mass is 9.89. The van der Waals surface area contributed by atoms with Crippen molar-refractivity contribution in [2.75, 3.05) is 13.2 Å². The first kappa shape index (κ1) is 34.2. The molecule has 0 saturated heterocycles. The van der Waals surface area contributed by atoms with Crippen LogP contribution in [0.1, 0.15) is 41.5 Å². The molecule has 0 rings (SSSR count). The van der Waals surface area contributed by atoms with Gasteiger partial charge in [0.1, 0.15) is 0 Å². The van der Waals surface area contributed by atoms with Gasteiger partial charge in [-0.2, -0.15) is 0 Å². The molecule has 25 heavy (non-hydrogen) atoms. The number of aliphatic hydroxyl groups excluding tert-OH is 2. The first-order valence-electron chi connectivity index (χ1n) is 6.78. The summed E-state index contributed by atoms with van der Waals surface area (Å²) in [6.45, 7) is 7.74. The lowest BCUT2D eigenvalue weighted by Gasteiger charge is -2.28. The van der Waals surface area contributed by atoms with Gasteiger partial charge in [0.15, 0.2) is 0 Å². The van der Waals surface area contributed by atoms with Crippen LogP contribution in [-0.2, 0) is 19.2 Å². The summed E-state index contributed by atoms with van der Waals surface area (Å²) in [7, 11) is 0. The van der Waals surface area contributed by atoms with Crippen LogP contribution >= 0.6 is 0 Å². The van der Waals surface area contributed by atoms with E-state index < -0.39 is 29.4 Å². The summed E-state index contributed by atoms with van der Waals surface area (Å²) in [5.74, 6) is -3.23. The molecule has 0 saturated carbocycles. The first-order chi connectivity index (χ1) is 11.0. The number of carboxylic acids is 4. The second kappa shape index (κ2) is 21.8. The number of hydrogen-bond acceptors (Lipinski definition) is 7. The van der Waals surface area contributed by atoms with E-state index in [4.69, 9.17) is 55.6 Å². The number of aliphatic hydroxyl groups is 2. The van der Waals surface area contributed by atoms with Crippen LogP contribution in [-0.4, -0.2) is 73.3 Å². The summed E-state index contributed by atoms with van der Waals surface area (Å²) >= 11 is 0. The number of carbonyl (C=O) groups is 4. The third kappa shape index (κ3) is 89.2. The minimum atomic E-state index is -0.833. The molecule has 0 aliphatic carbocycles. The van der Waals surface area contributed by atoms with Gasteiger partial charge in [0.2, 0.25) is 0 Å². The lowest BCUT2D eigenvalue weighted by molar-refractivity contribution is -0.135. The van der Waals surface area contributed by atoms with Crippen LogP contribution in [0.25, 0.3) is 0 Å². The molecular weight excluding hydrogens is 342 g/mol. The zero-order valence-corrected chi connectivity index (χ0v) is 15.4. The highest BCUT2D eigenvalue weighted by Crippen LogP contribution is 2.11. The molecule has 0 heterocycles. The predicted molar refractivity (Wildman–Crippen MR) is 89.2 cm³/mol. The fourth-order valence-electron chi connectivity index (χ4n) is 0.415. The quantitative estimate of drug-likeness (QED) is 0.340. The van der Waals surface area contributed by atoms with Gasteiger partial charge in [0.25, 0.3) is 23.9 Å². The monoisotopic (exact) mass is 373 g/mol. The van der Waals surface area contributed by atoms with Gasteiger partial charge in [-0.3, -0.25) is 19.2 Å². The molecule has 0 amide bonds. The highest BCUT2D eigenvalue weighted by Gasteiger charge is 2.26. The average molecular weight is 373 g/mol. The third-order valence-electron chi connectivity index (χ3n) is 1.74. The molecule has 11 heteroatoms. The Morgan fingerprint density at radius 3 is 0.840 bits per heavy atom. The Hall–Kier alpha value is -2.24. The molecule has 0 aromatic rings. The van der Waals surface area contributed by atoms with Crippen LogP contribution in [0.15, 0.2) is 0 Å². The van der Waals surface area contributed by atoms with E-state index in [2.05, 4.69) is 0 Å². The molecule has 8 N–H and O–H groups in total. The van der Waals surface area contributed by atoms with Crippen LogP contribution in [0.5, 0.6) is 0 Å². The molecule has 0 aromatic carbocycles. The van der Waals surface area contributed by atoms with Gasteiger partial charge < -0.3 is 36.4 Å². The van der Waals surface area contributed by atoms with Crippen molar-refractivity contribution < 1.29 is 49.8 Å². The molecule has 0 bridgehead atoms. The van der Waals surface area contributed by atoms with Gasteiger partial charge >= 0.3 is 0 Å². The fraction of sp³-hybridized carbons (Fsp3) is 0.714. The maximum atomic E-state index is 9.00. The van der Waals surface area contributed by atoms with E-state index in [0.717, 1.165) is 27.7 Å². The molecule has 0 fully saturated rings. The third-order valence-corrected chi connectivity index (χ3v) is 1.74. The summed E-state index contributed by atoms with van der Waals surface area (Å²) in [5.41, 5.74) is 4.73. The van der Waals surface area contributed by atoms with Crippen LogP contribution in [0.2, 0.25) is 0 Å². The van der Waals surface area contributed by atoms with Gasteiger partial charge in [0.05, 0.1) is 18.8 Å². The fourth-order valence-corrected chi connectivity index (χ4v) is 0.415. The number of nitrogens with two attached hydrogens (primary N) is 1. The minimum Gasteiger partial charge on any atom is -0.481 e. The van der Waals surface area contributed by atoms with E-state index in [1.165, 1.54) is 0 Å². The Kier molecular flexibility index (Phi) is 29.7. The molecule has 0 spiro atoms. The Morgan fingerprint density at radius 1 is 0.720 bits per heavy atom. The van der Waals surface area contributed by atoms with Gasteiger partial charge in [-0.05, 0) is 5.92 Å². The smallest absolute Gasteiger partial charge is 0.300 e. The summed E-state index contributed by atoms with van der Waals surface area (Å²) in [6.07, 6.45) is 0. The van der Waals surface area contributed by atoms with Crippen molar-refractivity contribution in [1.29, 1.82) is 0 Å². The summed E-state index contributed by atoms with van der Waals surface area (Å²) in [4.78, 5) is 36.0. The second-order valence-corrected chi connectivity index (χ2v) is 4.78. The molecule has 0 radical (unpaired) electrons. The molecule has 0 aromatic heterocycles. The predicted octanol–water partition coefficient (Wildman–Crippen LogP) is -0.312. The molecule has 11 nitrogen and oxygen atoms in total. The van der Waals surface area contributed by atoms with Crippen molar-refractivity contribution in [3.63, 3.8) is 0 Å². The number of rotatable bonds is 3. The van der Waals surface area contributed by atoms with E-state index in [1.807, 2.05) is 13.8 Å². The number of aliphatic carboxylic acids is 4. The van der Waals surface area contributed by atoms with Crippen LogP contribution in [0.4, 0.5) is 0 Å². The normalized spacial score (nSPS) is 8.56. The topological polar surface area (TPSA) is 216 Å². The first-order valence-corrected chi connectivity index (χ1v) is 6.78. The van der Waals surface area contributed by atoms with Gasteiger partial charge in [-0.1, -0.05) is 13.8 Å². The van der Waals surface area contributed by atoms with E-state index >= 15 is 0 Å². The van der Waals surface area contributed by atoms with Gasteiger partial charge in [0, 0.05) is 27.7 Å². The van der Waals surface area contributed by atoms with Crippen LogP contribution in [0.3, 0.4) is 0 Å². The highest BCUT2D eigenvalue weighted by atomic mass is 16.4. The molecular formula is C14H31NO10. The van der Waals surface area contributed by atoms with E-state index in [0.29, 0.717) is 0 Å². The molecule has 0 aliphatic rings. The Balaban J connectivity index is -0.0000000714. The molecule has 152 valence electrons. The zero-order valence-electron chi connectivity index (χ0n) is 15.4. The standard InChI is InChI=1S/C6H15NO2.4C2H4O2/c1-5(2)6(7,3-8)4-9;4*1-2(3)4/h5,8-9H,3-4,7H2,1-2H3;4*1H3,(H,3,4). The Labute approximate surface area is 146 Å². The van der Waals surface area contributed by atoms with Crippen molar-refractivity contribution >= 4 is 23.9 Å². The van der Waals surface area contributed by atoms with Crippen molar-refractivity contribution in [3.8, 4) is 0 Å². The molecule has 0 atom stereocenters. The summed E-state index contributed by atoms with van der Waals surface area (Å²) in [6, 6.07) is 0. The molecule has 0 unspecified atom stereocenters. The van der Waals surface area contributed by atoms with Crippen molar-refractivity contribution in [1.82, 2.24) is 0 Å².